The minimum Gasteiger partial charge on any atom is -0.337 e. The third-order valence-electron chi connectivity index (χ3n) is 4.78. The molecule has 4 rings (SSSR count). The summed E-state index contributed by atoms with van der Waals surface area (Å²) in [4.78, 5) is 13.1. The van der Waals surface area contributed by atoms with Crippen molar-refractivity contribution in [3.8, 4) is 0 Å². The molecule has 0 aliphatic heterocycles. The maximum atomic E-state index is 13.1. The molecule has 13 heteroatoms. The van der Waals surface area contributed by atoms with Crippen molar-refractivity contribution in [3.05, 3.63) is 78.4 Å². The third-order valence-corrected chi connectivity index (χ3v) is 6.11. The van der Waals surface area contributed by atoms with Crippen LogP contribution < -0.4 is 15.3 Å². The summed E-state index contributed by atoms with van der Waals surface area (Å²) in [5, 5.41) is 12.8. The number of hydrogen-bond acceptors (Lipinski definition) is 8. The Labute approximate surface area is 197 Å². The van der Waals surface area contributed by atoms with Crippen LogP contribution in [0.3, 0.4) is 0 Å². The van der Waals surface area contributed by atoms with Crippen molar-refractivity contribution in [1.29, 1.82) is 0 Å². The molecular formula is C22H18F3N5O4S. The zero-order chi connectivity index (χ0) is 25.2. The van der Waals surface area contributed by atoms with Gasteiger partial charge in [-0.2, -0.15) is 13.2 Å². The highest BCUT2D eigenvalue weighted by Crippen LogP contribution is 2.33. The second kappa shape index (κ2) is 9.37. The minimum atomic E-state index is -4.56. The first kappa shape index (κ1) is 24.2. The predicted octanol–water partition coefficient (Wildman–Crippen LogP) is 4.95. The number of nitrogens with one attached hydrogen (secondary N) is 2. The van der Waals surface area contributed by atoms with Gasteiger partial charge < -0.3 is 5.32 Å². The summed E-state index contributed by atoms with van der Waals surface area (Å²) in [5.41, 5.74) is -0.0653. The number of para-hydroxylation sites is 2. The van der Waals surface area contributed by atoms with Gasteiger partial charge in [-0.05, 0) is 48.5 Å². The summed E-state index contributed by atoms with van der Waals surface area (Å²) < 4.78 is 67.9. The first-order valence-electron chi connectivity index (χ1n) is 9.94. The number of anilines is 4. The van der Waals surface area contributed by atoms with Crippen molar-refractivity contribution >= 4 is 44.1 Å². The van der Waals surface area contributed by atoms with Crippen LogP contribution in [0.1, 0.15) is 5.56 Å². The Morgan fingerprint density at radius 1 is 0.914 bits per heavy atom. The van der Waals surface area contributed by atoms with E-state index in [0.29, 0.717) is 16.3 Å². The van der Waals surface area contributed by atoms with Gasteiger partial charge in [-0.15, -0.1) is 5.23 Å². The van der Waals surface area contributed by atoms with Gasteiger partial charge >= 0.3 is 6.18 Å². The highest BCUT2D eigenvalue weighted by atomic mass is 32.2. The maximum Gasteiger partial charge on any atom is 0.416 e. The molecule has 0 unspecified atom stereocenters. The lowest BCUT2D eigenvalue weighted by molar-refractivity contribution is -0.137. The highest BCUT2D eigenvalue weighted by molar-refractivity contribution is 7.92. The number of hydrogen-bond donors (Lipinski definition) is 3. The summed E-state index contributed by atoms with van der Waals surface area (Å²) >= 11 is 0. The Kier molecular flexibility index (Phi) is 6.47. The number of fused-ring (bicyclic) bond motifs is 1. The molecule has 0 aliphatic rings. The fraction of sp³-hybridized carbons (Fsp3) is 0.0909. The van der Waals surface area contributed by atoms with E-state index < -0.39 is 21.8 Å². The largest absolute Gasteiger partial charge is 0.416 e. The molecule has 0 fully saturated rings. The topological polar surface area (TPSA) is 117 Å². The predicted molar refractivity (Wildman–Crippen MR) is 123 cm³/mol. The molecular weight excluding hydrogens is 487 g/mol. The molecule has 9 nitrogen and oxygen atoms in total. The number of aromatic nitrogens is 2. The van der Waals surface area contributed by atoms with E-state index in [-0.39, 0.29) is 27.9 Å². The van der Waals surface area contributed by atoms with E-state index in [9.17, 15) is 26.8 Å². The molecule has 1 aromatic heterocycles. The van der Waals surface area contributed by atoms with E-state index in [1.54, 1.807) is 24.3 Å². The zero-order valence-electron chi connectivity index (χ0n) is 18.0. The SMILES string of the molecule is CON(O)c1cccc(S(=O)(=O)Nc2nc3ccccc3nc2Nc2cccc(C(F)(F)F)c2)c1. The van der Waals surface area contributed by atoms with E-state index in [1.165, 1.54) is 37.4 Å². The summed E-state index contributed by atoms with van der Waals surface area (Å²) in [6.45, 7) is 0. The molecule has 35 heavy (non-hydrogen) atoms. The maximum absolute atomic E-state index is 13.1. The Morgan fingerprint density at radius 2 is 1.57 bits per heavy atom. The molecule has 0 bridgehead atoms. The van der Waals surface area contributed by atoms with Gasteiger partial charge in [0.1, 0.15) is 0 Å². The summed E-state index contributed by atoms with van der Waals surface area (Å²) in [7, 11) is -3.07. The van der Waals surface area contributed by atoms with Gasteiger partial charge in [0.25, 0.3) is 10.0 Å². The average Bonchev–Trinajstić information content (AvgIpc) is 2.83. The molecule has 0 spiro atoms. The van der Waals surface area contributed by atoms with Crippen molar-refractivity contribution in [2.24, 2.45) is 0 Å². The van der Waals surface area contributed by atoms with Crippen LogP contribution in [0.5, 0.6) is 0 Å². The van der Waals surface area contributed by atoms with Crippen LogP contribution >= 0.6 is 0 Å². The number of halogens is 3. The number of sulfonamides is 1. The summed E-state index contributed by atoms with van der Waals surface area (Å²) in [6.07, 6.45) is -4.56. The van der Waals surface area contributed by atoms with Gasteiger partial charge in [-0.3, -0.25) is 14.8 Å². The Balaban J connectivity index is 1.75. The van der Waals surface area contributed by atoms with Crippen LogP contribution in [0.2, 0.25) is 0 Å². The lowest BCUT2D eigenvalue weighted by Crippen LogP contribution is -2.18. The Bertz CT molecular complexity index is 1480. The van der Waals surface area contributed by atoms with Gasteiger partial charge in [0.15, 0.2) is 11.6 Å². The van der Waals surface area contributed by atoms with Crippen molar-refractivity contribution in [1.82, 2.24) is 9.97 Å². The van der Waals surface area contributed by atoms with Crippen LogP contribution in [0.25, 0.3) is 11.0 Å². The van der Waals surface area contributed by atoms with E-state index in [1.807, 2.05) is 0 Å². The number of rotatable bonds is 7. The van der Waals surface area contributed by atoms with E-state index in [4.69, 9.17) is 0 Å². The van der Waals surface area contributed by atoms with Crippen LogP contribution in [-0.2, 0) is 21.0 Å². The Hall–Kier alpha value is -3.94. The lowest BCUT2D eigenvalue weighted by Gasteiger charge is -2.16. The molecule has 0 radical (unpaired) electrons. The first-order chi connectivity index (χ1) is 16.6. The monoisotopic (exact) mass is 505 g/mol. The number of benzene rings is 3. The normalized spacial score (nSPS) is 11.9. The third kappa shape index (κ3) is 5.42. The van der Waals surface area contributed by atoms with Crippen molar-refractivity contribution < 1.29 is 31.6 Å². The van der Waals surface area contributed by atoms with Crippen molar-refractivity contribution in [3.63, 3.8) is 0 Å². The van der Waals surface area contributed by atoms with Crippen molar-refractivity contribution in [2.45, 2.75) is 11.1 Å². The summed E-state index contributed by atoms with van der Waals surface area (Å²) in [5.74, 6) is -0.345. The van der Waals surface area contributed by atoms with E-state index in [0.717, 1.165) is 18.2 Å². The fourth-order valence-corrected chi connectivity index (χ4v) is 4.18. The van der Waals surface area contributed by atoms with Crippen LogP contribution in [0.15, 0.2) is 77.7 Å². The molecule has 3 N–H and O–H groups in total. The molecule has 0 saturated heterocycles. The van der Waals surface area contributed by atoms with Crippen LogP contribution in [0, 0.1) is 0 Å². The van der Waals surface area contributed by atoms with Crippen LogP contribution in [-0.4, -0.2) is 30.7 Å². The first-order valence-corrected chi connectivity index (χ1v) is 11.4. The van der Waals surface area contributed by atoms with Gasteiger partial charge in [0.05, 0.1) is 34.3 Å². The Morgan fingerprint density at radius 3 is 2.23 bits per heavy atom. The average molecular weight is 505 g/mol. The van der Waals surface area contributed by atoms with Crippen LogP contribution in [0.4, 0.5) is 36.2 Å². The standard InChI is InChI=1S/C22H18F3N5O4S/c1-34-30(31)16-8-5-9-17(13-16)35(32,33)29-21-20(27-18-10-2-3-11-19(18)28-21)26-15-7-4-6-14(12-15)22(23,24)25/h2-13,31H,1H3,(H,26,27)(H,28,29). The van der Waals surface area contributed by atoms with Crippen molar-refractivity contribution in [2.75, 3.05) is 22.4 Å². The number of alkyl halides is 3. The highest BCUT2D eigenvalue weighted by Gasteiger charge is 2.30. The fourth-order valence-electron chi connectivity index (χ4n) is 3.13. The van der Waals surface area contributed by atoms with E-state index in [2.05, 4.69) is 24.8 Å². The molecule has 0 amide bonds. The smallest absolute Gasteiger partial charge is 0.337 e. The molecule has 0 saturated carbocycles. The molecule has 0 aliphatic carbocycles. The zero-order valence-corrected chi connectivity index (χ0v) is 18.8. The molecule has 3 aromatic carbocycles. The molecule has 1 heterocycles. The molecule has 182 valence electrons. The number of nitrogens with zero attached hydrogens (tertiary/aromatic N) is 3. The molecule has 4 aromatic rings. The van der Waals surface area contributed by atoms with Gasteiger partial charge in [-0.1, -0.05) is 24.3 Å². The van der Waals surface area contributed by atoms with Gasteiger partial charge in [0.2, 0.25) is 0 Å². The molecule has 0 atom stereocenters. The second-order valence-electron chi connectivity index (χ2n) is 7.17. The van der Waals surface area contributed by atoms with Gasteiger partial charge in [0, 0.05) is 5.69 Å². The lowest BCUT2D eigenvalue weighted by atomic mass is 10.2. The second-order valence-corrected chi connectivity index (χ2v) is 8.85. The van der Waals surface area contributed by atoms with Gasteiger partial charge in [-0.25, -0.2) is 18.4 Å². The minimum absolute atomic E-state index is 0.0304. The van der Waals surface area contributed by atoms with E-state index >= 15 is 0 Å². The quantitative estimate of drug-likeness (QED) is 0.302. The summed E-state index contributed by atoms with van der Waals surface area (Å²) in [6, 6.07) is 16.2.